The SMILES string of the molecule is CC1CCCCN1/[N+]([O-])=N\[O-].[Na+]. The average Bonchev–Trinajstić information content (AvgIpc) is 2.04. The Morgan fingerprint density at radius 3 is 2.67 bits per heavy atom. The molecular formula is C6H12N3NaO2. The predicted octanol–water partition coefficient (Wildman–Crippen LogP) is -1.76. The van der Waals surface area contributed by atoms with E-state index in [1.807, 2.05) is 6.92 Å². The van der Waals surface area contributed by atoms with Gasteiger partial charge in [-0.25, -0.2) is 0 Å². The molecule has 0 aromatic heterocycles. The van der Waals surface area contributed by atoms with Gasteiger partial charge in [-0.15, -0.1) is 5.01 Å². The van der Waals surface area contributed by atoms with E-state index < -0.39 is 0 Å². The van der Waals surface area contributed by atoms with Gasteiger partial charge in [0.05, 0.1) is 12.6 Å². The maximum Gasteiger partial charge on any atom is 1.00 e. The third-order valence-corrected chi connectivity index (χ3v) is 2.06. The Hall–Kier alpha value is 0. The van der Waals surface area contributed by atoms with Crippen molar-refractivity contribution >= 4 is 0 Å². The largest absolute Gasteiger partial charge is 1.00 e. The number of nitrogens with zero attached hydrogens (tertiary/aromatic N) is 3. The van der Waals surface area contributed by atoms with Gasteiger partial charge in [-0.3, -0.25) is 0 Å². The van der Waals surface area contributed by atoms with Gasteiger partial charge in [0.2, 0.25) is 0 Å². The molecule has 0 amide bonds. The van der Waals surface area contributed by atoms with E-state index in [0.717, 1.165) is 19.3 Å². The molecule has 0 N–H and O–H groups in total. The van der Waals surface area contributed by atoms with Crippen LogP contribution in [0.5, 0.6) is 0 Å². The molecule has 1 atom stereocenters. The van der Waals surface area contributed by atoms with Crippen molar-refractivity contribution in [2.75, 3.05) is 6.54 Å². The molecule has 1 heterocycles. The molecular weight excluding hydrogens is 169 g/mol. The Labute approximate surface area is 93.9 Å². The molecule has 0 spiro atoms. The minimum Gasteiger partial charge on any atom is -0.737 e. The molecule has 0 radical (unpaired) electrons. The second kappa shape index (κ2) is 5.61. The first kappa shape index (κ1) is 12.0. The van der Waals surface area contributed by atoms with Gasteiger partial charge in [-0.2, -0.15) is 0 Å². The fourth-order valence-corrected chi connectivity index (χ4v) is 1.38. The Morgan fingerprint density at radius 1 is 1.50 bits per heavy atom. The van der Waals surface area contributed by atoms with Crippen LogP contribution in [-0.4, -0.2) is 22.6 Å². The van der Waals surface area contributed by atoms with Gasteiger partial charge in [0, 0.05) is 4.97 Å². The maximum absolute atomic E-state index is 10.7. The standard InChI is InChI=1S/C6H13N3O2.Na/c1-6-4-2-3-5-8(6)9(11)7-10;/h6,10H,2-5H2,1H3;/q;+1/p-1/b9-7+;. The Morgan fingerprint density at radius 2 is 2.17 bits per heavy atom. The van der Waals surface area contributed by atoms with E-state index >= 15 is 0 Å². The van der Waals surface area contributed by atoms with E-state index in [-0.39, 0.29) is 40.6 Å². The van der Waals surface area contributed by atoms with Crippen LogP contribution < -0.4 is 29.6 Å². The van der Waals surface area contributed by atoms with Crippen LogP contribution >= 0.6 is 0 Å². The topological polar surface area (TPSA) is 64.7 Å². The monoisotopic (exact) mass is 181 g/mol. The molecule has 1 fully saturated rings. The molecule has 1 aliphatic rings. The van der Waals surface area contributed by atoms with Crippen LogP contribution in [0.2, 0.25) is 0 Å². The number of hydrazine groups is 1. The van der Waals surface area contributed by atoms with Crippen LogP contribution in [0.4, 0.5) is 0 Å². The summed E-state index contributed by atoms with van der Waals surface area (Å²) in [6.07, 6.45) is 3.07. The van der Waals surface area contributed by atoms with Crippen molar-refractivity contribution in [3.63, 3.8) is 0 Å². The minimum absolute atomic E-state index is 0. The van der Waals surface area contributed by atoms with Crippen molar-refractivity contribution in [2.24, 2.45) is 5.28 Å². The van der Waals surface area contributed by atoms with Crippen molar-refractivity contribution in [3.05, 3.63) is 10.4 Å². The fourth-order valence-electron chi connectivity index (χ4n) is 1.38. The summed E-state index contributed by atoms with van der Waals surface area (Å²) in [5.41, 5.74) is 0. The smallest absolute Gasteiger partial charge is 0.737 e. The maximum atomic E-state index is 10.7. The van der Waals surface area contributed by atoms with Crippen LogP contribution in [0, 0.1) is 10.4 Å². The third kappa shape index (κ3) is 2.80. The van der Waals surface area contributed by atoms with E-state index in [1.165, 1.54) is 5.01 Å². The average molecular weight is 181 g/mol. The van der Waals surface area contributed by atoms with Crippen molar-refractivity contribution in [1.29, 1.82) is 0 Å². The number of piperidine rings is 1. The molecule has 1 saturated heterocycles. The molecule has 64 valence electrons. The quantitative estimate of drug-likeness (QED) is 0.208. The second-order valence-electron chi connectivity index (χ2n) is 2.84. The first-order valence-electron chi connectivity index (χ1n) is 3.83. The van der Waals surface area contributed by atoms with E-state index in [4.69, 9.17) is 0 Å². The zero-order chi connectivity index (χ0) is 8.27. The molecule has 0 aromatic rings. The van der Waals surface area contributed by atoms with Crippen LogP contribution in [0.3, 0.4) is 0 Å². The summed E-state index contributed by atoms with van der Waals surface area (Å²) in [7, 11) is 0. The second-order valence-corrected chi connectivity index (χ2v) is 2.84. The van der Waals surface area contributed by atoms with Crippen molar-refractivity contribution < 1.29 is 34.5 Å². The first-order chi connectivity index (χ1) is 5.25. The number of hydrogen-bond acceptors (Lipinski definition) is 3. The zero-order valence-electron chi connectivity index (χ0n) is 7.56. The molecule has 0 aliphatic carbocycles. The van der Waals surface area contributed by atoms with E-state index in [1.54, 1.807) is 0 Å². The molecule has 1 rings (SSSR count). The molecule has 12 heavy (non-hydrogen) atoms. The summed E-state index contributed by atoms with van der Waals surface area (Å²) in [5, 5.41) is 24.4. The van der Waals surface area contributed by atoms with Gasteiger partial charge in [-0.1, -0.05) is 0 Å². The van der Waals surface area contributed by atoms with Gasteiger partial charge in [-0.05, 0) is 31.5 Å². The van der Waals surface area contributed by atoms with Gasteiger partial charge in [0.25, 0.3) is 0 Å². The molecule has 5 nitrogen and oxygen atoms in total. The summed E-state index contributed by atoms with van der Waals surface area (Å²) < 4.78 is 0. The van der Waals surface area contributed by atoms with Gasteiger partial charge in [0.15, 0.2) is 0 Å². The molecule has 1 unspecified atom stereocenters. The van der Waals surface area contributed by atoms with Crippen molar-refractivity contribution in [1.82, 2.24) is 5.01 Å². The summed E-state index contributed by atoms with van der Waals surface area (Å²) >= 11 is 0. The molecule has 6 heteroatoms. The molecule has 0 saturated carbocycles. The van der Waals surface area contributed by atoms with Crippen LogP contribution in [0.1, 0.15) is 26.2 Å². The van der Waals surface area contributed by atoms with Crippen molar-refractivity contribution in [3.8, 4) is 0 Å². The summed E-state index contributed by atoms with van der Waals surface area (Å²) in [6, 6.07) is 0.152. The number of hydrogen-bond donors (Lipinski definition) is 0. The van der Waals surface area contributed by atoms with E-state index in [2.05, 4.69) is 5.28 Å². The van der Waals surface area contributed by atoms with Crippen molar-refractivity contribution in [2.45, 2.75) is 32.2 Å². The number of rotatable bonds is 1. The molecule has 0 bridgehead atoms. The van der Waals surface area contributed by atoms with Gasteiger partial charge < -0.3 is 10.4 Å². The summed E-state index contributed by atoms with van der Waals surface area (Å²) in [4.78, 5) is 0.157. The van der Waals surface area contributed by atoms with Crippen LogP contribution in [-0.2, 0) is 0 Å². The Bertz CT molecular complexity index is 165. The van der Waals surface area contributed by atoms with Gasteiger partial charge >= 0.3 is 29.6 Å². The van der Waals surface area contributed by atoms with Gasteiger partial charge in [0.1, 0.15) is 0 Å². The first-order valence-corrected chi connectivity index (χ1v) is 3.83. The minimum atomic E-state index is 0. The van der Waals surface area contributed by atoms with E-state index in [9.17, 15) is 10.4 Å². The Balaban J connectivity index is 0.00000121. The van der Waals surface area contributed by atoms with Crippen LogP contribution in [0.15, 0.2) is 5.28 Å². The summed E-state index contributed by atoms with van der Waals surface area (Å²) in [5.74, 6) is 0. The zero-order valence-corrected chi connectivity index (χ0v) is 9.56. The fraction of sp³-hybridized carbons (Fsp3) is 1.00. The van der Waals surface area contributed by atoms with Crippen LogP contribution in [0.25, 0.3) is 0 Å². The molecule has 1 aliphatic heterocycles. The third-order valence-electron chi connectivity index (χ3n) is 2.06. The summed E-state index contributed by atoms with van der Waals surface area (Å²) in [6.45, 7) is 2.58. The molecule has 0 aromatic carbocycles. The Kier molecular flexibility index (Phi) is 5.61. The normalized spacial score (nSPS) is 24.9. The van der Waals surface area contributed by atoms with E-state index in [0.29, 0.717) is 6.54 Å². The predicted molar refractivity (Wildman–Crippen MR) is 39.4 cm³/mol.